The van der Waals surface area contributed by atoms with Crippen LogP contribution in [0.3, 0.4) is 0 Å². The molecule has 0 radical (unpaired) electrons. The second-order valence-corrected chi connectivity index (χ2v) is 7.70. The van der Waals surface area contributed by atoms with Gasteiger partial charge in [0.05, 0.1) is 11.0 Å². The normalized spacial score (nSPS) is 19.7. The monoisotopic (exact) mass is 369 g/mol. The van der Waals surface area contributed by atoms with Crippen molar-refractivity contribution in [3.8, 4) is 0 Å². The number of carbonyl (C=O) groups excluding carboxylic acids is 1. The van der Waals surface area contributed by atoms with Crippen molar-refractivity contribution in [1.82, 2.24) is 15.3 Å². The quantitative estimate of drug-likeness (QED) is 0.523. The van der Waals surface area contributed by atoms with Gasteiger partial charge in [0.25, 0.3) is 5.91 Å². The molecule has 0 saturated heterocycles. The maximum Gasteiger partial charge on any atom is 0.252 e. The van der Waals surface area contributed by atoms with Gasteiger partial charge in [-0.3, -0.25) is 4.79 Å². The summed E-state index contributed by atoms with van der Waals surface area (Å²) in [7, 11) is 0. The van der Waals surface area contributed by atoms with Gasteiger partial charge in [-0.25, -0.2) is 4.98 Å². The molecule has 140 valence electrons. The molecular formula is C24H23N3O. The summed E-state index contributed by atoms with van der Waals surface area (Å²) in [6.07, 6.45) is 4.16. The zero-order chi connectivity index (χ0) is 18.9. The minimum absolute atomic E-state index is 0.0204. The molecule has 1 aliphatic rings. The lowest BCUT2D eigenvalue weighted by atomic mass is 9.85. The number of aromatic nitrogens is 2. The van der Waals surface area contributed by atoms with Gasteiger partial charge in [0, 0.05) is 17.5 Å². The summed E-state index contributed by atoms with van der Waals surface area (Å²) >= 11 is 0. The molecule has 0 spiro atoms. The number of aromatic amines is 1. The van der Waals surface area contributed by atoms with Crippen molar-refractivity contribution in [2.24, 2.45) is 0 Å². The van der Waals surface area contributed by atoms with Crippen LogP contribution in [0.15, 0.2) is 66.7 Å². The van der Waals surface area contributed by atoms with Crippen molar-refractivity contribution in [3.63, 3.8) is 0 Å². The van der Waals surface area contributed by atoms with Gasteiger partial charge < -0.3 is 10.3 Å². The number of carbonyl (C=O) groups is 1. The van der Waals surface area contributed by atoms with Crippen LogP contribution in [-0.4, -0.2) is 21.9 Å². The predicted molar refractivity (Wildman–Crippen MR) is 113 cm³/mol. The van der Waals surface area contributed by atoms with E-state index in [0.717, 1.165) is 58.9 Å². The Morgan fingerprint density at radius 3 is 2.71 bits per heavy atom. The Morgan fingerprint density at radius 1 is 0.964 bits per heavy atom. The van der Waals surface area contributed by atoms with E-state index in [-0.39, 0.29) is 11.9 Å². The molecule has 28 heavy (non-hydrogen) atoms. The Balaban J connectivity index is 1.34. The summed E-state index contributed by atoms with van der Waals surface area (Å²) < 4.78 is 0. The molecule has 5 rings (SSSR count). The summed E-state index contributed by atoms with van der Waals surface area (Å²) in [5, 5.41) is 5.38. The first kappa shape index (κ1) is 17.0. The Bertz CT molecular complexity index is 1110. The van der Waals surface area contributed by atoms with Gasteiger partial charge in [-0.15, -0.1) is 0 Å². The molecule has 4 nitrogen and oxygen atoms in total. The van der Waals surface area contributed by atoms with Gasteiger partial charge in [-0.05, 0) is 48.2 Å². The maximum absolute atomic E-state index is 13.0. The fourth-order valence-corrected chi connectivity index (χ4v) is 4.42. The number of amides is 1. The summed E-state index contributed by atoms with van der Waals surface area (Å²) in [5.74, 6) is 1.43. The lowest BCUT2D eigenvalue weighted by Crippen LogP contribution is -2.38. The van der Waals surface area contributed by atoms with Crippen LogP contribution in [0.2, 0.25) is 0 Å². The van der Waals surface area contributed by atoms with Gasteiger partial charge in [0.15, 0.2) is 0 Å². The summed E-state index contributed by atoms with van der Waals surface area (Å²) in [6, 6.07) is 22.3. The van der Waals surface area contributed by atoms with Crippen molar-refractivity contribution >= 4 is 27.7 Å². The summed E-state index contributed by atoms with van der Waals surface area (Å²) in [4.78, 5) is 21.2. The number of imidazole rings is 1. The number of hydrogen-bond acceptors (Lipinski definition) is 2. The molecule has 2 unspecified atom stereocenters. The smallest absolute Gasteiger partial charge is 0.252 e. The number of nitrogens with zero attached hydrogens (tertiary/aromatic N) is 1. The van der Waals surface area contributed by atoms with Crippen molar-refractivity contribution < 1.29 is 4.79 Å². The maximum atomic E-state index is 13.0. The second kappa shape index (κ2) is 7.12. The highest BCUT2D eigenvalue weighted by Gasteiger charge is 2.27. The van der Waals surface area contributed by atoms with Crippen molar-refractivity contribution in [2.45, 2.75) is 37.6 Å². The number of rotatable bonds is 3. The molecule has 3 aromatic carbocycles. The van der Waals surface area contributed by atoms with E-state index in [4.69, 9.17) is 4.98 Å². The van der Waals surface area contributed by atoms with E-state index in [1.807, 2.05) is 60.7 Å². The van der Waals surface area contributed by atoms with E-state index in [1.54, 1.807) is 0 Å². The number of hydrogen-bond donors (Lipinski definition) is 2. The van der Waals surface area contributed by atoms with Gasteiger partial charge in [0.1, 0.15) is 5.82 Å². The van der Waals surface area contributed by atoms with Crippen LogP contribution in [0.1, 0.15) is 47.8 Å². The van der Waals surface area contributed by atoms with Crippen LogP contribution in [0.25, 0.3) is 21.8 Å². The van der Waals surface area contributed by atoms with Crippen LogP contribution < -0.4 is 5.32 Å². The zero-order valence-electron chi connectivity index (χ0n) is 15.7. The standard InChI is InChI=1S/C24H23N3O/c28-24(20-12-6-8-16-7-1-2-11-19(16)20)25-18-10-5-9-17(15-18)23-26-21-13-3-4-14-22(21)27-23/h1-4,6-8,11-14,17-18H,5,9-10,15H2,(H,25,28)(H,26,27). The minimum Gasteiger partial charge on any atom is -0.349 e. The molecule has 2 N–H and O–H groups in total. The van der Waals surface area contributed by atoms with Crippen molar-refractivity contribution in [1.29, 1.82) is 0 Å². The highest BCUT2D eigenvalue weighted by Crippen LogP contribution is 2.32. The first-order chi connectivity index (χ1) is 13.8. The first-order valence-electron chi connectivity index (χ1n) is 10.0. The molecule has 4 heteroatoms. The van der Waals surface area contributed by atoms with Crippen molar-refractivity contribution in [2.75, 3.05) is 0 Å². The molecule has 2 atom stereocenters. The number of fused-ring (bicyclic) bond motifs is 2. The highest BCUT2D eigenvalue weighted by molar-refractivity contribution is 6.07. The Kier molecular flexibility index (Phi) is 4.32. The summed E-state index contributed by atoms with van der Waals surface area (Å²) in [6.45, 7) is 0. The average molecular weight is 369 g/mol. The largest absolute Gasteiger partial charge is 0.349 e. The third kappa shape index (κ3) is 3.15. The average Bonchev–Trinajstić information content (AvgIpc) is 3.18. The van der Waals surface area contributed by atoms with E-state index >= 15 is 0 Å². The molecule has 0 aliphatic heterocycles. The topological polar surface area (TPSA) is 57.8 Å². The van der Waals surface area contributed by atoms with Crippen LogP contribution >= 0.6 is 0 Å². The van der Waals surface area contributed by atoms with E-state index in [2.05, 4.69) is 16.4 Å². The van der Waals surface area contributed by atoms with Crippen LogP contribution in [0.4, 0.5) is 0 Å². The van der Waals surface area contributed by atoms with E-state index < -0.39 is 0 Å². The Morgan fingerprint density at radius 2 is 1.79 bits per heavy atom. The second-order valence-electron chi connectivity index (χ2n) is 7.70. The molecule has 1 amide bonds. The summed E-state index contributed by atoms with van der Waals surface area (Å²) in [5.41, 5.74) is 2.85. The molecule has 0 bridgehead atoms. The van der Waals surface area contributed by atoms with Crippen LogP contribution in [0, 0.1) is 0 Å². The number of para-hydroxylation sites is 2. The fourth-order valence-electron chi connectivity index (χ4n) is 4.42. The zero-order valence-corrected chi connectivity index (χ0v) is 15.7. The molecule has 1 saturated carbocycles. The van der Waals surface area contributed by atoms with Crippen LogP contribution in [0.5, 0.6) is 0 Å². The lowest BCUT2D eigenvalue weighted by molar-refractivity contribution is 0.0926. The molecular weight excluding hydrogens is 346 g/mol. The van der Waals surface area contributed by atoms with E-state index in [9.17, 15) is 4.79 Å². The minimum atomic E-state index is 0.0204. The van der Waals surface area contributed by atoms with Gasteiger partial charge in [0.2, 0.25) is 0 Å². The van der Waals surface area contributed by atoms with Gasteiger partial charge >= 0.3 is 0 Å². The lowest BCUT2D eigenvalue weighted by Gasteiger charge is -2.28. The van der Waals surface area contributed by atoms with Gasteiger partial charge in [-0.1, -0.05) is 55.0 Å². The third-order valence-electron chi connectivity index (χ3n) is 5.84. The van der Waals surface area contributed by atoms with Crippen molar-refractivity contribution in [3.05, 3.63) is 78.1 Å². The Hall–Kier alpha value is -3.14. The third-order valence-corrected chi connectivity index (χ3v) is 5.84. The molecule has 1 aliphatic carbocycles. The number of benzene rings is 3. The van der Waals surface area contributed by atoms with Crippen LogP contribution in [-0.2, 0) is 0 Å². The fraction of sp³-hybridized carbons (Fsp3) is 0.250. The molecule has 1 fully saturated rings. The SMILES string of the molecule is O=C(NC1CCCC(c2nc3ccccc3[nH]2)C1)c1cccc2ccccc12. The highest BCUT2D eigenvalue weighted by atomic mass is 16.1. The molecule has 1 aromatic heterocycles. The number of H-pyrrole nitrogens is 1. The van der Waals surface area contributed by atoms with E-state index in [1.165, 1.54) is 0 Å². The number of nitrogens with one attached hydrogen (secondary N) is 2. The predicted octanol–water partition coefficient (Wildman–Crippen LogP) is 5.17. The van der Waals surface area contributed by atoms with Gasteiger partial charge in [-0.2, -0.15) is 0 Å². The van der Waals surface area contributed by atoms with E-state index in [0.29, 0.717) is 5.92 Å². The molecule has 1 heterocycles. The molecule has 4 aromatic rings. The Labute approximate surface area is 164 Å². The first-order valence-corrected chi connectivity index (χ1v) is 10.0.